The van der Waals surface area contributed by atoms with Crippen molar-refractivity contribution in [1.29, 1.82) is 0 Å². The Morgan fingerprint density at radius 1 is 1.47 bits per heavy atom. The molecule has 0 aliphatic carbocycles. The molecule has 1 atom stereocenters. The van der Waals surface area contributed by atoms with Gasteiger partial charge in [-0.25, -0.2) is 0 Å². The average Bonchev–Trinajstić information content (AvgIpc) is 2.38. The molecule has 0 bridgehead atoms. The molecule has 4 heteroatoms. The molecule has 0 saturated carbocycles. The maximum Gasteiger partial charge on any atom is 0.146 e. The van der Waals surface area contributed by atoms with Gasteiger partial charge in [0.05, 0.1) is 16.5 Å². The Labute approximate surface area is 116 Å². The highest BCUT2D eigenvalue weighted by molar-refractivity contribution is 9.10. The number of rotatable bonds is 3. The van der Waals surface area contributed by atoms with Crippen LogP contribution in [-0.2, 0) is 0 Å². The first-order valence-corrected chi connectivity index (χ1v) is 7.90. The number of benzene rings is 1. The van der Waals surface area contributed by atoms with E-state index in [-0.39, 0.29) is 0 Å². The fourth-order valence-electron chi connectivity index (χ4n) is 2.31. The van der Waals surface area contributed by atoms with E-state index in [2.05, 4.69) is 39.6 Å². The SMILES string of the molecule is COc1c(Br)cc(C2CCCNC2)cc1SC. The van der Waals surface area contributed by atoms with Gasteiger partial charge >= 0.3 is 0 Å². The number of hydrogen-bond acceptors (Lipinski definition) is 3. The van der Waals surface area contributed by atoms with Crippen LogP contribution in [0.5, 0.6) is 5.75 Å². The molecule has 1 unspecified atom stereocenters. The van der Waals surface area contributed by atoms with Gasteiger partial charge in [-0.1, -0.05) is 0 Å². The molecular weight excluding hydrogens is 298 g/mol. The van der Waals surface area contributed by atoms with Gasteiger partial charge in [-0.3, -0.25) is 0 Å². The highest BCUT2D eigenvalue weighted by Gasteiger charge is 2.18. The van der Waals surface area contributed by atoms with Crippen molar-refractivity contribution in [2.75, 3.05) is 26.5 Å². The van der Waals surface area contributed by atoms with Crippen LogP contribution in [0.3, 0.4) is 0 Å². The van der Waals surface area contributed by atoms with Crippen molar-refractivity contribution in [2.24, 2.45) is 0 Å². The molecule has 1 N–H and O–H groups in total. The van der Waals surface area contributed by atoms with Gasteiger partial charge in [0, 0.05) is 6.54 Å². The molecule has 1 fully saturated rings. The second-order valence-electron chi connectivity index (χ2n) is 4.28. The lowest BCUT2D eigenvalue weighted by atomic mass is 9.92. The van der Waals surface area contributed by atoms with Crippen LogP contribution >= 0.6 is 27.7 Å². The monoisotopic (exact) mass is 315 g/mol. The van der Waals surface area contributed by atoms with Crippen molar-refractivity contribution < 1.29 is 4.74 Å². The number of halogens is 1. The summed E-state index contributed by atoms with van der Waals surface area (Å²) in [4.78, 5) is 1.21. The lowest BCUT2D eigenvalue weighted by Crippen LogP contribution is -2.28. The molecule has 2 rings (SSSR count). The normalized spacial score (nSPS) is 20.3. The first kappa shape index (κ1) is 13.2. The van der Waals surface area contributed by atoms with Gasteiger partial charge < -0.3 is 10.1 Å². The Morgan fingerprint density at radius 2 is 2.29 bits per heavy atom. The lowest BCUT2D eigenvalue weighted by molar-refractivity contribution is 0.400. The fraction of sp³-hybridized carbons (Fsp3) is 0.538. The van der Waals surface area contributed by atoms with E-state index < -0.39 is 0 Å². The van der Waals surface area contributed by atoms with Crippen molar-refractivity contribution in [1.82, 2.24) is 5.32 Å². The minimum absolute atomic E-state index is 0.636. The number of hydrogen-bond donors (Lipinski definition) is 1. The van der Waals surface area contributed by atoms with Gasteiger partial charge in [0.2, 0.25) is 0 Å². The van der Waals surface area contributed by atoms with Crippen LogP contribution in [0, 0.1) is 0 Å². The fourth-order valence-corrected chi connectivity index (χ4v) is 3.71. The predicted octanol–water partition coefficient (Wildman–Crippen LogP) is 3.65. The standard InChI is InChI=1S/C13H18BrNOS/c1-16-13-11(14)6-10(7-12(13)17-2)9-4-3-5-15-8-9/h6-7,9,15H,3-5,8H2,1-2H3. The minimum Gasteiger partial charge on any atom is -0.494 e. The maximum absolute atomic E-state index is 5.43. The Hall–Kier alpha value is -0.190. The van der Waals surface area contributed by atoms with Crippen molar-refractivity contribution >= 4 is 27.7 Å². The van der Waals surface area contributed by atoms with Crippen LogP contribution in [0.1, 0.15) is 24.3 Å². The Kier molecular flexibility index (Phi) is 4.77. The third-order valence-electron chi connectivity index (χ3n) is 3.22. The molecule has 1 heterocycles. The number of nitrogens with one attached hydrogen (secondary N) is 1. The molecule has 94 valence electrons. The Morgan fingerprint density at radius 3 is 2.88 bits per heavy atom. The van der Waals surface area contributed by atoms with Gasteiger partial charge in [0.1, 0.15) is 5.75 Å². The molecule has 1 saturated heterocycles. The van der Waals surface area contributed by atoms with E-state index in [0.29, 0.717) is 5.92 Å². The summed E-state index contributed by atoms with van der Waals surface area (Å²) in [6.07, 6.45) is 4.63. The predicted molar refractivity (Wildman–Crippen MR) is 77.3 cm³/mol. The van der Waals surface area contributed by atoms with E-state index in [1.54, 1.807) is 18.9 Å². The first-order chi connectivity index (χ1) is 8.26. The van der Waals surface area contributed by atoms with Crippen LogP contribution in [0.4, 0.5) is 0 Å². The Balaban J connectivity index is 2.31. The van der Waals surface area contributed by atoms with Crippen LogP contribution < -0.4 is 10.1 Å². The molecule has 0 radical (unpaired) electrons. The average molecular weight is 316 g/mol. The zero-order valence-corrected chi connectivity index (χ0v) is 12.7. The van der Waals surface area contributed by atoms with Crippen LogP contribution in [-0.4, -0.2) is 26.5 Å². The summed E-state index contributed by atoms with van der Waals surface area (Å²) in [5.74, 6) is 1.59. The summed E-state index contributed by atoms with van der Waals surface area (Å²) < 4.78 is 6.49. The number of piperidine rings is 1. The molecule has 0 amide bonds. The zero-order chi connectivity index (χ0) is 12.3. The summed E-state index contributed by atoms with van der Waals surface area (Å²) in [6.45, 7) is 2.25. The second-order valence-corrected chi connectivity index (χ2v) is 5.98. The van der Waals surface area contributed by atoms with Gasteiger partial charge in [0.25, 0.3) is 0 Å². The molecule has 1 aromatic carbocycles. The van der Waals surface area contributed by atoms with Crippen LogP contribution in [0.25, 0.3) is 0 Å². The van der Waals surface area contributed by atoms with Crippen LogP contribution in [0.2, 0.25) is 0 Å². The number of methoxy groups -OCH3 is 1. The highest BCUT2D eigenvalue weighted by atomic mass is 79.9. The van der Waals surface area contributed by atoms with Gasteiger partial charge in [-0.15, -0.1) is 11.8 Å². The van der Waals surface area contributed by atoms with Crippen molar-refractivity contribution in [3.05, 3.63) is 22.2 Å². The topological polar surface area (TPSA) is 21.3 Å². The van der Waals surface area contributed by atoms with Gasteiger partial charge in [-0.05, 0) is 65.2 Å². The number of thioether (sulfide) groups is 1. The highest BCUT2D eigenvalue weighted by Crippen LogP contribution is 2.38. The zero-order valence-electron chi connectivity index (χ0n) is 10.3. The molecule has 2 nitrogen and oxygen atoms in total. The molecule has 0 aromatic heterocycles. The van der Waals surface area contributed by atoms with E-state index >= 15 is 0 Å². The molecule has 17 heavy (non-hydrogen) atoms. The minimum atomic E-state index is 0.636. The summed E-state index contributed by atoms with van der Waals surface area (Å²) in [7, 11) is 1.72. The third kappa shape index (κ3) is 2.98. The van der Waals surface area contributed by atoms with E-state index in [1.165, 1.54) is 23.3 Å². The van der Waals surface area contributed by atoms with Crippen molar-refractivity contribution in [2.45, 2.75) is 23.7 Å². The molecule has 1 aliphatic heterocycles. The van der Waals surface area contributed by atoms with Crippen molar-refractivity contribution in [3.63, 3.8) is 0 Å². The van der Waals surface area contributed by atoms with E-state index in [9.17, 15) is 0 Å². The summed E-state index contributed by atoms with van der Waals surface area (Å²) >= 11 is 5.34. The number of ether oxygens (including phenoxy) is 1. The Bertz CT molecular complexity index is 391. The summed E-state index contributed by atoms with van der Waals surface area (Å²) in [6, 6.07) is 4.47. The van der Waals surface area contributed by atoms with Crippen molar-refractivity contribution in [3.8, 4) is 5.75 Å². The molecule has 1 aliphatic rings. The summed E-state index contributed by atoms with van der Waals surface area (Å²) in [5.41, 5.74) is 1.41. The van der Waals surface area contributed by atoms with Gasteiger partial charge in [0.15, 0.2) is 0 Å². The summed E-state index contributed by atoms with van der Waals surface area (Å²) in [5, 5.41) is 3.47. The lowest BCUT2D eigenvalue weighted by Gasteiger charge is -2.24. The third-order valence-corrected chi connectivity index (χ3v) is 4.56. The van der Waals surface area contributed by atoms with Gasteiger partial charge in [-0.2, -0.15) is 0 Å². The molecule has 0 spiro atoms. The van der Waals surface area contributed by atoms with E-state index in [1.807, 2.05) is 0 Å². The molecular formula is C13H18BrNOS. The second kappa shape index (κ2) is 6.12. The maximum atomic E-state index is 5.43. The van der Waals surface area contributed by atoms with Crippen LogP contribution in [0.15, 0.2) is 21.5 Å². The largest absolute Gasteiger partial charge is 0.494 e. The smallest absolute Gasteiger partial charge is 0.146 e. The first-order valence-electron chi connectivity index (χ1n) is 5.88. The van der Waals surface area contributed by atoms with E-state index in [4.69, 9.17) is 4.74 Å². The van der Waals surface area contributed by atoms with E-state index in [0.717, 1.165) is 23.3 Å². The quantitative estimate of drug-likeness (QED) is 0.860. The molecule has 1 aromatic rings.